The predicted molar refractivity (Wildman–Crippen MR) is 96.3 cm³/mol. The summed E-state index contributed by atoms with van der Waals surface area (Å²) in [4.78, 5) is 15.7. The van der Waals surface area contributed by atoms with Gasteiger partial charge in [-0.15, -0.1) is 12.4 Å². The van der Waals surface area contributed by atoms with Gasteiger partial charge in [-0.25, -0.2) is 9.38 Å². The van der Waals surface area contributed by atoms with Crippen molar-refractivity contribution >= 4 is 24.3 Å². The molecule has 0 saturated heterocycles. The first-order chi connectivity index (χ1) is 10.7. The molecular formula is C16H24ClFN4O2. The molecule has 1 aromatic rings. The van der Waals surface area contributed by atoms with E-state index in [2.05, 4.69) is 10.3 Å². The molecule has 0 aliphatic rings. The van der Waals surface area contributed by atoms with Crippen LogP contribution in [0.2, 0.25) is 0 Å². The van der Waals surface area contributed by atoms with Gasteiger partial charge in [-0.2, -0.15) is 0 Å². The summed E-state index contributed by atoms with van der Waals surface area (Å²) >= 11 is 0. The first-order valence-corrected chi connectivity index (χ1v) is 7.10. The molecule has 8 heteroatoms. The number of aliphatic imine (C=N–C) groups is 1. The summed E-state index contributed by atoms with van der Waals surface area (Å²) in [6, 6.07) is 6.58. The van der Waals surface area contributed by atoms with E-state index in [1.807, 2.05) is 20.8 Å². The second kappa shape index (κ2) is 9.77. The summed E-state index contributed by atoms with van der Waals surface area (Å²) < 4.78 is 18.1. The van der Waals surface area contributed by atoms with E-state index in [1.165, 1.54) is 0 Å². The third-order valence-electron chi connectivity index (χ3n) is 2.65. The lowest BCUT2D eigenvalue weighted by Gasteiger charge is -2.20. The van der Waals surface area contributed by atoms with Gasteiger partial charge in [0, 0.05) is 16.7 Å². The van der Waals surface area contributed by atoms with Crippen LogP contribution in [0.1, 0.15) is 31.1 Å². The normalized spacial score (nSPS) is 11.2. The zero-order chi connectivity index (χ0) is 17.5. The predicted octanol–water partition coefficient (Wildman–Crippen LogP) is 2.14. The average Bonchev–Trinajstić information content (AvgIpc) is 2.46. The number of nitrogens with zero attached hydrogens (tertiary/aromatic N) is 1. The van der Waals surface area contributed by atoms with Crippen LogP contribution in [0, 0.1) is 0 Å². The summed E-state index contributed by atoms with van der Waals surface area (Å²) in [6.45, 7) is 5.77. The number of guanidine groups is 1. The molecule has 0 saturated carbocycles. The number of carbonyl (C=O) groups excluding carboxylic acids is 1. The molecule has 24 heavy (non-hydrogen) atoms. The van der Waals surface area contributed by atoms with Crippen LogP contribution in [-0.4, -0.2) is 30.6 Å². The summed E-state index contributed by atoms with van der Waals surface area (Å²) in [5.74, 6) is 0.237. The van der Waals surface area contributed by atoms with E-state index < -0.39 is 0 Å². The zero-order valence-electron chi connectivity index (χ0n) is 14.0. The summed E-state index contributed by atoms with van der Waals surface area (Å²) in [7, 11) is 0. The van der Waals surface area contributed by atoms with Crippen molar-refractivity contribution in [2.45, 2.75) is 26.3 Å². The fourth-order valence-electron chi connectivity index (χ4n) is 1.60. The zero-order valence-corrected chi connectivity index (χ0v) is 14.8. The van der Waals surface area contributed by atoms with Gasteiger partial charge in [0.25, 0.3) is 5.91 Å². The smallest absolute Gasteiger partial charge is 0.251 e. The number of halogens is 2. The van der Waals surface area contributed by atoms with Gasteiger partial charge in [0.05, 0.1) is 12.9 Å². The van der Waals surface area contributed by atoms with Crippen molar-refractivity contribution in [3.8, 4) is 5.75 Å². The van der Waals surface area contributed by atoms with Gasteiger partial charge in [0.2, 0.25) is 0 Å². The standard InChI is InChI=1S/C16H23FN4O2.ClH/c1-16(2,3)21-14(22)12-4-6-13(7-5-12)23-10-11(8-17)9-20-15(18)19;/h4-8H,9-10H2,1-3H3,(H,21,22)(H4,18,19,20);1H/b11-8+;. The maximum absolute atomic E-state index is 12.7. The second-order valence-corrected chi connectivity index (χ2v) is 6.03. The van der Waals surface area contributed by atoms with Crippen molar-refractivity contribution in [3.63, 3.8) is 0 Å². The van der Waals surface area contributed by atoms with Crippen molar-refractivity contribution < 1.29 is 13.9 Å². The quantitative estimate of drug-likeness (QED) is 0.535. The van der Waals surface area contributed by atoms with Crippen LogP contribution < -0.4 is 21.5 Å². The number of hydrogen-bond acceptors (Lipinski definition) is 3. The van der Waals surface area contributed by atoms with Crippen LogP contribution in [-0.2, 0) is 0 Å². The van der Waals surface area contributed by atoms with Crippen molar-refractivity contribution in [2.24, 2.45) is 16.5 Å². The highest BCUT2D eigenvalue weighted by molar-refractivity contribution is 5.94. The van der Waals surface area contributed by atoms with E-state index in [0.29, 0.717) is 23.2 Å². The van der Waals surface area contributed by atoms with Crippen LogP contribution in [0.3, 0.4) is 0 Å². The Bertz CT molecular complexity index is 591. The molecule has 0 aliphatic carbocycles. The van der Waals surface area contributed by atoms with Gasteiger partial charge in [-0.3, -0.25) is 4.79 Å². The second-order valence-electron chi connectivity index (χ2n) is 6.03. The van der Waals surface area contributed by atoms with E-state index in [-0.39, 0.29) is 43.0 Å². The van der Waals surface area contributed by atoms with Crippen LogP contribution in [0.5, 0.6) is 5.75 Å². The highest BCUT2D eigenvalue weighted by Gasteiger charge is 2.15. The molecule has 1 amide bonds. The Hall–Kier alpha value is -2.28. The molecule has 1 rings (SSSR count). The minimum absolute atomic E-state index is 0. The minimum Gasteiger partial charge on any atom is -0.489 e. The van der Waals surface area contributed by atoms with Crippen molar-refractivity contribution in [2.75, 3.05) is 13.2 Å². The molecular weight excluding hydrogens is 335 g/mol. The number of benzene rings is 1. The van der Waals surface area contributed by atoms with Crippen LogP contribution in [0.4, 0.5) is 4.39 Å². The number of nitrogens with two attached hydrogens (primary N) is 2. The molecule has 1 aromatic carbocycles. The van der Waals surface area contributed by atoms with Gasteiger partial charge in [-0.05, 0) is 45.0 Å². The van der Waals surface area contributed by atoms with Gasteiger partial charge in [0.1, 0.15) is 12.4 Å². The van der Waals surface area contributed by atoms with Gasteiger partial charge < -0.3 is 21.5 Å². The Morgan fingerprint density at radius 2 is 1.88 bits per heavy atom. The fraction of sp³-hybridized carbons (Fsp3) is 0.375. The number of rotatable bonds is 6. The first kappa shape index (κ1) is 21.7. The van der Waals surface area contributed by atoms with E-state index in [0.717, 1.165) is 0 Å². The van der Waals surface area contributed by atoms with E-state index in [4.69, 9.17) is 16.2 Å². The SMILES string of the molecule is CC(C)(C)NC(=O)c1ccc(OC/C(=C/F)CN=C(N)N)cc1.Cl. The Morgan fingerprint density at radius 1 is 1.29 bits per heavy atom. The Kier molecular flexibility index (Phi) is 8.84. The van der Waals surface area contributed by atoms with Gasteiger partial charge in [0.15, 0.2) is 5.96 Å². The van der Waals surface area contributed by atoms with Crippen molar-refractivity contribution in [1.29, 1.82) is 0 Å². The Balaban J connectivity index is 0.00000529. The first-order valence-electron chi connectivity index (χ1n) is 7.10. The minimum atomic E-state index is -0.307. The number of hydrogen-bond donors (Lipinski definition) is 3. The summed E-state index contributed by atoms with van der Waals surface area (Å²) in [5.41, 5.74) is 10.9. The molecule has 0 heterocycles. The van der Waals surface area contributed by atoms with Crippen LogP contribution >= 0.6 is 12.4 Å². The summed E-state index contributed by atoms with van der Waals surface area (Å²) in [5, 5.41) is 2.86. The molecule has 0 aliphatic heterocycles. The molecule has 0 bridgehead atoms. The lowest BCUT2D eigenvalue weighted by atomic mass is 10.1. The van der Waals surface area contributed by atoms with Crippen LogP contribution in [0.15, 0.2) is 41.2 Å². The highest BCUT2D eigenvalue weighted by Crippen LogP contribution is 2.14. The third kappa shape index (κ3) is 8.38. The van der Waals surface area contributed by atoms with E-state index in [9.17, 15) is 9.18 Å². The molecule has 0 atom stereocenters. The molecule has 0 aromatic heterocycles. The molecule has 6 nitrogen and oxygen atoms in total. The van der Waals surface area contributed by atoms with E-state index >= 15 is 0 Å². The lowest BCUT2D eigenvalue weighted by molar-refractivity contribution is 0.0919. The fourth-order valence-corrected chi connectivity index (χ4v) is 1.60. The van der Waals surface area contributed by atoms with Crippen molar-refractivity contribution in [1.82, 2.24) is 5.32 Å². The van der Waals surface area contributed by atoms with Crippen LogP contribution in [0.25, 0.3) is 0 Å². The van der Waals surface area contributed by atoms with E-state index in [1.54, 1.807) is 24.3 Å². The largest absolute Gasteiger partial charge is 0.489 e. The Morgan fingerprint density at radius 3 is 2.33 bits per heavy atom. The summed E-state index contributed by atoms with van der Waals surface area (Å²) in [6.07, 6.45) is 0.414. The maximum Gasteiger partial charge on any atom is 0.251 e. The van der Waals surface area contributed by atoms with Crippen molar-refractivity contribution in [3.05, 3.63) is 41.7 Å². The van der Waals surface area contributed by atoms with Gasteiger partial charge in [-0.1, -0.05) is 0 Å². The molecule has 0 fully saturated rings. The molecule has 0 radical (unpaired) electrons. The highest BCUT2D eigenvalue weighted by atomic mass is 35.5. The molecule has 134 valence electrons. The average molecular weight is 359 g/mol. The number of ether oxygens (including phenoxy) is 1. The molecule has 0 spiro atoms. The molecule has 5 N–H and O–H groups in total. The maximum atomic E-state index is 12.7. The van der Waals surface area contributed by atoms with Gasteiger partial charge >= 0.3 is 0 Å². The topological polar surface area (TPSA) is 103 Å². The third-order valence-corrected chi connectivity index (χ3v) is 2.65. The monoisotopic (exact) mass is 358 g/mol. The number of carbonyl (C=O) groups is 1. The Labute approximate surface area is 147 Å². The number of amides is 1. The molecule has 0 unspecified atom stereocenters. The number of nitrogens with one attached hydrogen (secondary N) is 1. The lowest BCUT2D eigenvalue weighted by Crippen LogP contribution is -2.40.